The number of benzene rings is 1. The van der Waals surface area contributed by atoms with Gasteiger partial charge in [0.15, 0.2) is 0 Å². The van der Waals surface area contributed by atoms with Gasteiger partial charge in [-0.05, 0) is 38.5 Å². The Kier molecular flexibility index (Phi) is 5.58. The molecule has 1 aromatic carbocycles. The fraction of sp³-hybridized carbons (Fsp3) is 0.263. The Balaban J connectivity index is 2.17. The van der Waals surface area contributed by atoms with Gasteiger partial charge < -0.3 is 14.8 Å². The number of carbonyl (C=O) groups is 2. The van der Waals surface area contributed by atoms with Gasteiger partial charge in [0.1, 0.15) is 17.9 Å². The third-order valence-corrected chi connectivity index (χ3v) is 3.00. The van der Waals surface area contributed by atoms with Crippen molar-refractivity contribution in [3.63, 3.8) is 0 Å². The molecule has 1 aliphatic rings. The number of rotatable bonds is 4. The zero-order chi connectivity index (χ0) is 17.6. The van der Waals surface area contributed by atoms with Crippen LogP contribution in [-0.4, -0.2) is 17.5 Å². The van der Waals surface area contributed by atoms with Gasteiger partial charge >= 0.3 is 11.9 Å². The maximum Gasteiger partial charge on any atom is 0.356 e. The lowest BCUT2D eigenvalue weighted by Crippen LogP contribution is -2.30. The molecule has 0 unspecified atom stereocenters. The molecular formula is C19H21NO4. The van der Waals surface area contributed by atoms with Crippen LogP contribution in [0, 0.1) is 0 Å². The van der Waals surface area contributed by atoms with E-state index < -0.39 is 17.5 Å². The van der Waals surface area contributed by atoms with E-state index in [2.05, 4.69) is 5.32 Å². The monoisotopic (exact) mass is 327 g/mol. The van der Waals surface area contributed by atoms with Crippen LogP contribution in [0.2, 0.25) is 0 Å². The highest BCUT2D eigenvalue weighted by molar-refractivity contribution is 6.02. The minimum atomic E-state index is -0.662. The predicted octanol–water partition coefficient (Wildman–Crippen LogP) is 3.00. The molecule has 0 radical (unpaired) electrons. The van der Waals surface area contributed by atoms with E-state index in [1.54, 1.807) is 39.1 Å². The fourth-order valence-corrected chi connectivity index (χ4v) is 1.97. The summed E-state index contributed by atoms with van der Waals surface area (Å²) in [5.41, 5.74) is 0.400. The van der Waals surface area contributed by atoms with Gasteiger partial charge in [-0.1, -0.05) is 36.4 Å². The van der Waals surface area contributed by atoms with Crippen LogP contribution < -0.4 is 5.32 Å². The Hall–Kier alpha value is -2.82. The van der Waals surface area contributed by atoms with Crippen LogP contribution in [0.15, 0.2) is 66.0 Å². The Labute approximate surface area is 141 Å². The summed E-state index contributed by atoms with van der Waals surface area (Å²) in [4.78, 5) is 24.7. The molecule has 0 atom stereocenters. The molecule has 5 nitrogen and oxygen atoms in total. The lowest BCUT2D eigenvalue weighted by Gasteiger charge is -2.21. The van der Waals surface area contributed by atoms with Gasteiger partial charge in [0.05, 0.1) is 5.57 Å². The standard InChI is InChI=1S/C19H21NO4/c1-19(2,3)24-18(22)16-15(11-7-8-12-20-16)17(21)23-13-14-9-5-4-6-10-14/h4-12,20H,13H2,1-3H3. The molecule has 1 N–H and O–H groups in total. The van der Waals surface area contributed by atoms with Crippen molar-refractivity contribution in [2.75, 3.05) is 0 Å². The molecule has 0 saturated heterocycles. The number of hydrogen-bond donors (Lipinski definition) is 1. The molecule has 0 amide bonds. The van der Waals surface area contributed by atoms with Crippen molar-refractivity contribution >= 4 is 11.9 Å². The largest absolute Gasteiger partial charge is 0.457 e. The molecule has 1 heterocycles. The molecule has 1 aliphatic heterocycles. The van der Waals surface area contributed by atoms with Gasteiger partial charge in [0, 0.05) is 6.20 Å². The molecule has 0 bridgehead atoms. The maximum absolute atomic E-state index is 12.4. The van der Waals surface area contributed by atoms with Crippen molar-refractivity contribution < 1.29 is 19.1 Å². The van der Waals surface area contributed by atoms with Gasteiger partial charge in [-0.15, -0.1) is 0 Å². The number of allylic oxidation sites excluding steroid dienone is 2. The molecule has 0 saturated carbocycles. The molecular weight excluding hydrogens is 306 g/mol. The van der Waals surface area contributed by atoms with E-state index in [0.29, 0.717) is 0 Å². The van der Waals surface area contributed by atoms with E-state index in [-0.39, 0.29) is 17.9 Å². The van der Waals surface area contributed by atoms with Gasteiger partial charge in [0.25, 0.3) is 0 Å². The number of hydrogen-bond acceptors (Lipinski definition) is 5. The summed E-state index contributed by atoms with van der Waals surface area (Å²) >= 11 is 0. The Bertz CT molecular complexity index is 694. The molecule has 0 spiro atoms. The van der Waals surface area contributed by atoms with Crippen molar-refractivity contribution in [3.8, 4) is 0 Å². The lowest BCUT2D eigenvalue weighted by molar-refractivity contribution is -0.151. The summed E-state index contributed by atoms with van der Waals surface area (Å²) in [6, 6.07) is 9.34. The highest BCUT2D eigenvalue weighted by Gasteiger charge is 2.25. The summed E-state index contributed by atoms with van der Waals surface area (Å²) < 4.78 is 10.7. The minimum Gasteiger partial charge on any atom is -0.457 e. The van der Waals surface area contributed by atoms with E-state index in [1.165, 1.54) is 6.08 Å². The normalized spacial score (nSPS) is 14.0. The molecule has 5 heteroatoms. The van der Waals surface area contributed by atoms with Gasteiger partial charge in [-0.25, -0.2) is 9.59 Å². The zero-order valence-corrected chi connectivity index (χ0v) is 14.0. The summed E-state index contributed by atoms with van der Waals surface area (Å²) in [6.07, 6.45) is 6.43. The summed E-state index contributed by atoms with van der Waals surface area (Å²) in [5, 5.41) is 2.79. The highest BCUT2D eigenvalue weighted by atomic mass is 16.6. The number of nitrogens with one attached hydrogen (secondary N) is 1. The van der Waals surface area contributed by atoms with Crippen molar-refractivity contribution in [3.05, 3.63) is 71.6 Å². The van der Waals surface area contributed by atoms with Crippen LogP contribution in [-0.2, 0) is 25.7 Å². The third-order valence-electron chi connectivity index (χ3n) is 3.00. The second kappa shape index (κ2) is 7.64. The second-order valence-corrected chi connectivity index (χ2v) is 6.21. The van der Waals surface area contributed by atoms with Crippen LogP contribution >= 0.6 is 0 Å². The molecule has 2 rings (SSSR count). The summed E-state index contributed by atoms with van der Waals surface area (Å²) in [7, 11) is 0. The minimum absolute atomic E-state index is 0.0630. The Morgan fingerprint density at radius 3 is 2.42 bits per heavy atom. The smallest absolute Gasteiger partial charge is 0.356 e. The van der Waals surface area contributed by atoms with Crippen molar-refractivity contribution in [1.82, 2.24) is 5.32 Å². The average molecular weight is 327 g/mol. The molecule has 1 aromatic rings. The third kappa shape index (κ3) is 5.12. The van der Waals surface area contributed by atoms with E-state index in [4.69, 9.17) is 9.47 Å². The molecule has 24 heavy (non-hydrogen) atoms. The number of esters is 2. The summed E-state index contributed by atoms with van der Waals surface area (Å²) in [6.45, 7) is 5.43. The van der Waals surface area contributed by atoms with Crippen LogP contribution in [0.1, 0.15) is 26.3 Å². The molecule has 0 fully saturated rings. The Morgan fingerprint density at radius 1 is 1.04 bits per heavy atom. The van der Waals surface area contributed by atoms with Gasteiger partial charge in [-0.2, -0.15) is 0 Å². The zero-order valence-electron chi connectivity index (χ0n) is 14.0. The fourth-order valence-electron chi connectivity index (χ4n) is 1.97. The number of ether oxygens (including phenoxy) is 2. The van der Waals surface area contributed by atoms with Gasteiger partial charge in [0.2, 0.25) is 0 Å². The first-order chi connectivity index (χ1) is 11.4. The first-order valence-electron chi connectivity index (χ1n) is 7.65. The number of carbonyl (C=O) groups excluding carboxylic acids is 2. The van der Waals surface area contributed by atoms with E-state index >= 15 is 0 Å². The average Bonchev–Trinajstić information content (AvgIpc) is 2.78. The first kappa shape index (κ1) is 17.5. The topological polar surface area (TPSA) is 64.6 Å². The van der Waals surface area contributed by atoms with E-state index in [1.807, 2.05) is 30.3 Å². The van der Waals surface area contributed by atoms with Crippen LogP contribution in [0.4, 0.5) is 0 Å². The van der Waals surface area contributed by atoms with Crippen LogP contribution in [0.25, 0.3) is 0 Å². The van der Waals surface area contributed by atoms with Crippen LogP contribution in [0.5, 0.6) is 0 Å². The Morgan fingerprint density at radius 2 is 1.75 bits per heavy atom. The lowest BCUT2D eigenvalue weighted by atomic mass is 10.1. The molecule has 0 aliphatic carbocycles. The molecule has 0 aromatic heterocycles. The quantitative estimate of drug-likeness (QED) is 0.861. The van der Waals surface area contributed by atoms with E-state index in [9.17, 15) is 9.59 Å². The predicted molar refractivity (Wildman–Crippen MR) is 90.5 cm³/mol. The first-order valence-corrected chi connectivity index (χ1v) is 7.65. The van der Waals surface area contributed by atoms with Gasteiger partial charge in [-0.3, -0.25) is 0 Å². The summed E-state index contributed by atoms with van der Waals surface area (Å²) in [5.74, 6) is -1.20. The van der Waals surface area contributed by atoms with Crippen molar-refractivity contribution in [2.45, 2.75) is 33.0 Å². The maximum atomic E-state index is 12.4. The van der Waals surface area contributed by atoms with Crippen molar-refractivity contribution in [1.29, 1.82) is 0 Å². The van der Waals surface area contributed by atoms with Crippen LogP contribution in [0.3, 0.4) is 0 Å². The molecule has 126 valence electrons. The SMILES string of the molecule is CC(C)(C)OC(=O)C1=C(C(=O)OCc2ccccc2)C=CC=CN1. The van der Waals surface area contributed by atoms with Crippen molar-refractivity contribution in [2.24, 2.45) is 0 Å². The second-order valence-electron chi connectivity index (χ2n) is 6.21. The van der Waals surface area contributed by atoms with E-state index in [0.717, 1.165) is 5.56 Å². The highest BCUT2D eigenvalue weighted by Crippen LogP contribution is 2.16.